The summed E-state index contributed by atoms with van der Waals surface area (Å²) in [6.45, 7) is 2.02. The minimum absolute atomic E-state index is 0.0918. The molecule has 1 amide bonds. The lowest BCUT2D eigenvalue weighted by Crippen LogP contribution is -2.29. The molecular formula is C13H15Cl2N3O3. The van der Waals surface area contributed by atoms with Crippen LogP contribution in [0.4, 0.5) is 11.4 Å². The topological polar surface area (TPSA) is 75.5 Å². The molecule has 1 aliphatic rings. The lowest BCUT2D eigenvalue weighted by Gasteiger charge is -2.16. The number of carbonyl (C=O) groups is 1. The lowest BCUT2D eigenvalue weighted by atomic mass is 10.2. The number of amides is 1. The maximum Gasteiger partial charge on any atom is 0.272 e. The lowest BCUT2D eigenvalue weighted by molar-refractivity contribution is -0.384. The zero-order chi connectivity index (χ0) is 15.4. The Hall–Kier alpha value is -1.53. The Morgan fingerprint density at radius 1 is 1.29 bits per heavy atom. The maximum atomic E-state index is 11.9. The Kier molecular flexibility index (Phi) is 5.25. The zero-order valence-electron chi connectivity index (χ0n) is 11.3. The van der Waals surface area contributed by atoms with E-state index in [1.54, 1.807) is 0 Å². The van der Waals surface area contributed by atoms with Gasteiger partial charge in [0.25, 0.3) is 5.69 Å². The van der Waals surface area contributed by atoms with Gasteiger partial charge in [-0.15, -0.1) is 0 Å². The van der Waals surface area contributed by atoms with Crippen molar-refractivity contribution in [2.24, 2.45) is 0 Å². The molecule has 1 fully saturated rings. The van der Waals surface area contributed by atoms with Crippen LogP contribution >= 0.6 is 23.2 Å². The Bertz CT molecular complexity index is 537. The molecule has 6 nitrogen and oxygen atoms in total. The third-order valence-corrected chi connectivity index (χ3v) is 3.93. The number of nitrogens with one attached hydrogen (secondary N) is 1. The van der Waals surface area contributed by atoms with Crippen LogP contribution in [-0.4, -0.2) is 35.4 Å². The van der Waals surface area contributed by atoms with Gasteiger partial charge in [-0.3, -0.25) is 14.9 Å². The number of nitro groups is 1. The van der Waals surface area contributed by atoms with Gasteiger partial charge in [0.2, 0.25) is 5.91 Å². The second-order valence-electron chi connectivity index (χ2n) is 4.81. The van der Waals surface area contributed by atoms with E-state index in [9.17, 15) is 14.9 Å². The third kappa shape index (κ3) is 3.98. The molecule has 1 saturated heterocycles. The summed E-state index contributed by atoms with van der Waals surface area (Å²) in [6, 6.07) is 2.47. The van der Waals surface area contributed by atoms with Gasteiger partial charge in [-0.25, -0.2) is 0 Å². The van der Waals surface area contributed by atoms with E-state index in [1.165, 1.54) is 12.1 Å². The molecule has 0 saturated carbocycles. The van der Waals surface area contributed by atoms with Gasteiger partial charge in [-0.05, 0) is 12.8 Å². The van der Waals surface area contributed by atoms with Crippen molar-refractivity contribution in [2.75, 3.05) is 25.0 Å². The predicted molar refractivity (Wildman–Crippen MR) is 82.0 cm³/mol. The van der Waals surface area contributed by atoms with Crippen molar-refractivity contribution in [1.29, 1.82) is 0 Å². The van der Waals surface area contributed by atoms with E-state index in [1.807, 2.05) is 4.90 Å². The fourth-order valence-corrected chi connectivity index (χ4v) is 2.86. The van der Waals surface area contributed by atoms with E-state index < -0.39 is 4.92 Å². The monoisotopic (exact) mass is 331 g/mol. The van der Waals surface area contributed by atoms with Gasteiger partial charge in [-0.2, -0.15) is 0 Å². The smallest absolute Gasteiger partial charge is 0.272 e. The number of carbonyl (C=O) groups excluding carboxylic acids is 1. The van der Waals surface area contributed by atoms with E-state index >= 15 is 0 Å². The van der Waals surface area contributed by atoms with Crippen molar-refractivity contribution < 1.29 is 9.72 Å². The average Bonchev–Trinajstić information content (AvgIpc) is 2.95. The first-order chi connectivity index (χ1) is 9.99. The third-order valence-electron chi connectivity index (χ3n) is 3.34. The number of likely N-dealkylation sites (tertiary alicyclic amines) is 1. The molecule has 8 heteroatoms. The van der Waals surface area contributed by atoms with E-state index in [-0.39, 0.29) is 21.6 Å². The molecule has 0 atom stereocenters. The summed E-state index contributed by atoms with van der Waals surface area (Å²) < 4.78 is 0. The van der Waals surface area contributed by atoms with Gasteiger partial charge in [0.15, 0.2) is 0 Å². The van der Waals surface area contributed by atoms with Crippen LogP contribution < -0.4 is 5.32 Å². The summed E-state index contributed by atoms with van der Waals surface area (Å²) in [5.41, 5.74) is 0.252. The van der Waals surface area contributed by atoms with Crippen molar-refractivity contribution in [3.8, 4) is 0 Å². The fourth-order valence-electron chi connectivity index (χ4n) is 2.25. The first-order valence-corrected chi connectivity index (χ1v) is 7.39. The SMILES string of the molecule is O=C(CCNc1c(Cl)cc([N+](=O)[O-])cc1Cl)N1CCCC1. The number of anilines is 1. The molecule has 21 heavy (non-hydrogen) atoms. The number of halogens is 2. The Morgan fingerprint density at radius 2 is 1.86 bits per heavy atom. The van der Waals surface area contributed by atoms with Crippen LogP contribution in [0.1, 0.15) is 19.3 Å². The largest absolute Gasteiger partial charge is 0.382 e. The molecule has 1 aliphatic heterocycles. The highest BCUT2D eigenvalue weighted by Crippen LogP contribution is 2.34. The standard InChI is InChI=1S/C13H15Cl2N3O3/c14-10-7-9(18(20)21)8-11(15)13(10)16-4-3-12(19)17-5-1-2-6-17/h7-8,16H,1-6H2. The molecule has 0 unspecified atom stereocenters. The summed E-state index contributed by atoms with van der Waals surface area (Å²) in [5.74, 6) is 0.0918. The molecule has 0 spiro atoms. The van der Waals surface area contributed by atoms with Crippen LogP contribution in [0, 0.1) is 10.1 Å². The molecule has 0 radical (unpaired) electrons. The molecule has 1 heterocycles. The molecular weight excluding hydrogens is 317 g/mol. The van der Waals surface area contributed by atoms with Gasteiger partial charge in [0, 0.05) is 38.2 Å². The Labute approximate surface area is 132 Å². The molecule has 0 aliphatic carbocycles. The van der Waals surface area contributed by atoms with E-state index in [2.05, 4.69) is 5.32 Å². The number of non-ortho nitro benzene ring substituents is 1. The summed E-state index contributed by atoms with van der Waals surface area (Å²) in [7, 11) is 0. The molecule has 1 N–H and O–H groups in total. The second kappa shape index (κ2) is 6.95. The highest BCUT2D eigenvalue weighted by Gasteiger charge is 2.18. The minimum Gasteiger partial charge on any atom is -0.382 e. The first-order valence-electron chi connectivity index (χ1n) is 6.64. The summed E-state index contributed by atoms with van der Waals surface area (Å²) >= 11 is 11.9. The van der Waals surface area contributed by atoms with Gasteiger partial charge < -0.3 is 10.2 Å². The minimum atomic E-state index is -0.557. The van der Waals surface area contributed by atoms with Crippen LogP contribution in [0.2, 0.25) is 10.0 Å². The highest BCUT2D eigenvalue weighted by molar-refractivity contribution is 6.39. The van der Waals surface area contributed by atoms with E-state index in [0.29, 0.717) is 18.7 Å². The zero-order valence-corrected chi connectivity index (χ0v) is 12.8. The normalized spacial score (nSPS) is 14.3. The molecule has 1 aromatic carbocycles. The second-order valence-corrected chi connectivity index (χ2v) is 5.62. The number of benzene rings is 1. The van der Waals surface area contributed by atoms with Crippen LogP contribution in [0.25, 0.3) is 0 Å². The van der Waals surface area contributed by atoms with Crippen LogP contribution in [0.3, 0.4) is 0 Å². The van der Waals surface area contributed by atoms with Crippen LogP contribution in [0.5, 0.6) is 0 Å². The number of rotatable bonds is 5. The van der Waals surface area contributed by atoms with Gasteiger partial charge in [-0.1, -0.05) is 23.2 Å². The van der Waals surface area contributed by atoms with Crippen LogP contribution in [-0.2, 0) is 4.79 Å². The first kappa shape index (κ1) is 15.9. The van der Waals surface area contributed by atoms with Gasteiger partial charge in [0.05, 0.1) is 20.7 Å². The van der Waals surface area contributed by atoms with Crippen molar-refractivity contribution in [1.82, 2.24) is 4.90 Å². The maximum absolute atomic E-state index is 11.9. The molecule has 114 valence electrons. The van der Waals surface area contributed by atoms with Crippen molar-refractivity contribution in [2.45, 2.75) is 19.3 Å². The van der Waals surface area contributed by atoms with E-state index in [0.717, 1.165) is 25.9 Å². The summed E-state index contributed by atoms with van der Waals surface area (Å²) in [6.07, 6.45) is 2.45. The average molecular weight is 332 g/mol. The Morgan fingerprint density at radius 3 is 2.38 bits per heavy atom. The van der Waals surface area contributed by atoms with Crippen molar-refractivity contribution >= 4 is 40.5 Å². The van der Waals surface area contributed by atoms with Gasteiger partial charge >= 0.3 is 0 Å². The number of nitrogens with zero attached hydrogens (tertiary/aromatic N) is 2. The molecule has 0 aromatic heterocycles. The van der Waals surface area contributed by atoms with Gasteiger partial charge in [0.1, 0.15) is 0 Å². The fraction of sp³-hybridized carbons (Fsp3) is 0.462. The molecule has 0 bridgehead atoms. The summed E-state index contributed by atoms with van der Waals surface area (Å²) in [5, 5.41) is 14.0. The number of hydrogen-bond acceptors (Lipinski definition) is 4. The molecule has 2 rings (SSSR count). The van der Waals surface area contributed by atoms with E-state index in [4.69, 9.17) is 23.2 Å². The number of nitro benzene ring substituents is 1. The highest BCUT2D eigenvalue weighted by atomic mass is 35.5. The quantitative estimate of drug-likeness (QED) is 0.663. The van der Waals surface area contributed by atoms with Crippen LogP contribution in [0.15, 0.2) is 12.1 Å². The predicted octanol–water partition coefficient (Wildman–Crippen LogP) is 3.33. The number of hydrogen-bond donors (Lipinski definition) is 1. The van der Waals surface area contributed by atoms with Crippen molar-refractivity contribution in [3.05, 3.63) is 32.3 Å². The summed E-state index contributed by atoms with van der Waals surface area (Å²) in [4.78, 5) is 23.8. The van der Waals surface area contributed by atoms with Crippen molar-refractivity contribution in [3.63, 3.8) is 0 Å². The Balaban J connectivity index is 1.94. The molecule has 1 aromatic rings.